The molecule has 0 amide bonds. The number of halogens is 3. The normalized spacial score (nSPS) is 14.9. The molecule has 5 nitrogen and oxygen atoms in total. The molecule has 0 aliphatic heterocycles. The van der Waals surface area contributed by atoms with E-state index in [0.717, 1.165) is 5.69 Å². The fourth-order valence-electron chi connectivity index (χ4n) is 3.54. The first-order chi connectivity index (χ1) is 14.2. The quantitative estimate of drug-likeness (QED) is 0.434. The van der Waals surface area contributed by atoms with Crippen molar-refractivity contribution in [2.24, 2.45) is 5.41 Å². The Morgan fingerprint density at radius 2 is 1.50 bits per heavy atom. The van der Waals surface area contributed by atoms with Gasteiger partial charge in [0.25, 0.3) is 0 Å². The van der Waals surface area contributed by atoms with Gasteiger partial charge in [0.05, 0.1) is 11.3 Å². The van der Waals surface area contributed by atoms with E-state index in [-0.39, 0.29) is 11.2 Å². The first-order valence-corrected chi connectivity index (χ1v) is 10.5. The smallest absolute Gasteiger partial charge is 0.229 e. The number of carbonyl (C=O) groups is 1. The zero-order valence-corrected chi connectivity index (χ0v) is 18.7. The zero-order valence-electron chi connectivity index (χ0n) is 16.4. The summed E-state index contributed by atoms with van der Waals surface area (Å²) in [5, 5.41) is 8.00. The summed E-state index contributed by atoms with van der Waals surface area (Å²) in [6.07, 6.45) is 1.09. The molecule has 2 N–H and O–H groups in total. The molecule has 0 fully saturated rings. The Bertz CT molecular complexity index is 1110. The van der Waals surface area contributed by atoms with Crippen molar-refractivity contribution in [2.75, 3.05) is 10.6 Å². The number of nitrogens with one attached hydrogen (secondary N) is 2. The van der Waals surface area contributed by atoms with E-state index in [1.807, 2.05) is 12.1 Å². The molecule has 30 heavy (non-hydrogen) atoms. The second-order valence-corrected chi connectivity index (χ2v) is 9.38. The molecular formula is C22H19Cl3N4O. The molecule has 0 radical (unpaired) electrons. The van der Waals surface area contributed by atoms with Crippen LogP contribution in [0, 0.1) is 5.41 Å². The van der Waals surface area contributed by atoms with Crippen molar-refractivity contribution >= 4 is 63.7 Å². The van der Waals surface area contributed by atoms with Gasteiger partial charge in [-0.1, -0.05) is 48.7 Å². The molecule has 4 rings (SSSR count). The van der Waals surface area contributed by atoms with Gasteiger partial charge in [-0.25, -0.2) is 4.98 Å². The second kappa shape index (κ2) is 8.06. The van der Waals surface area contributed by atoms with Gasteiger partial charge >= 0.3 is 0 Å². The van der Waals surface area contributed by atoms with Crippen LogP contribution in [0.5, 0.6) is 0 Å². The van der Waals surface area contributed by atoms with Crippen LogP contribution in [0.2, 0.25) is 15.1 Å². The first-order valence-electron chi connectivity index (χ1n) is 9.38. The summed E-state index contributed by atoms with van der Waals surface area (Å²) >= 11 is 18.2. The summed E-state index contributed by atoms with van der Waals surface area (Å²) in [4.78, 5) is 22.2. The molecule has 3 aromatic rings. The number of aromatic nitrogens is 2. The summed E-state index contributed by atoms with van der Waals surface area (Å²) < 4.78 is 0. The molecule has 2 aromatic carbocycles. The van der Waals surface area contributed by atoms with Crippen molar-refractivity contribution < 1.29 is 4.79 Å². The fourth-order valence-corrected chi connectivity index (χ4v) is 4.19. The van der Waals surface area contributed by atoms with Crippen molar-refractivity contribution in [3.05, 3.63) is 68.8 Å². The molecule has 154 valence electrons. The van der Waals surface area contributed by atoms with Gasteiger partial charge in [-0.3, -0.25) is 4.79 Å². The highest BCUT2D eigenvalue weighted by atomic mass is 35.5. The molecule has 0 bridgehead atoms. The largest absolute Gasteiger partial charge is 0.339 e. The third-order valence-corrected chi connectivity index (χ3v) is 5.46. The number of anilines is 4. The van der Waals surface area contributed by atoms with E-state index in [0.29, 0.717) is 56.6 Å². The predicted octanol–water partition coefficient (Wildman–Crippen LogP) is 7.08. The van der Waals surface area contributed by atoms with Gasteiger partial charge in [-0.05, 0) is 54.3 Å². The number of benzene rings is 2. The maximum Gasteiger partial charge on any atom is 0.229 e. The van der Waals surface area contributed by atoms with Crippen LogP contribution in [-0.4, -0.2) is 15.8 Å². The lowest BCUT2D eigenvalue weighted by Gasteiger charge is -2.30. The lowest BCUT2D eigenvalue weighted by molar-refractivity contribution is 0.0911. The predicted molar refractivity (Wildman–Crippen MR) is 123 cm³/mol. The van der Waals surface area contributed by atoms with Crippen molar-refractivity contribution in [3.8, 4) is 0 Å². The lowest BCUT2D eigenvalue weighted by Crippen LogP contribution is -2.29. The number of ketones is 1. The maximum atomic E-state index is 12.9. The molecule has 0 atom stereocenters. The standard InChI is InChI=1S/C22H19Cl3N4O/c1-22(2)10-17-19(18(30)11-22)20(26-16-8-13(24)7-14(25)9-16)29-21(28-17)27-15-5-3-12(23)4-6-15/h3-9H,10-11H2,1-2H3,(H2,26,27,28,29). The van der Waals surface area contributed by atoms with Gasteiger partial charge < -0.3 is 10.6 Å². The minimum atomic E-state index is -0.174. The maximum absolute atomic E-state index is 12.9. The Morgan fingerprint density at radius 1 is 0.833 bits per heavy atom. The highest BCUT2D eigenvalue weighted by Gasteiger charge is 2.35. The van der Waals surface area contributed by atoms with Gasteiger partial charge in [0.15, 0.2) is 5.78 Å². The van der Waals surface area contributed by atoms with Crippen LogP contribution in [0.25, 0.3) is 0 Å². The summed E-state index contributed by atoms with van der Waals surface area (Å²) in [5.41, 5.74) is 2.47. The summed E-state index contributed by atoms with van der Waals surface area (Å²) in [7, 11) is 0. The number of carbonyl (C=O) groups excluding carboxylic acids is 1. The number of rotatable bonds is 4. The van der Waals surface area contributed by atoms with Gasteiger partial charge in [0, 0.05) is 32.9 Å². The summed E-state index contributed by atoms with van der Waals surface area (Å²) in [6.45, 7) is 4.12. The Hall–Kier alpha value is -2.34. The Labute approximate surface area is 189 Å². The Balaban J connectivity index is 1.78. The molecule has 0 spiro atoms. The van der Waals surface area contributed by atoms with Crippen LogP contribution in [-0.2, 0) is 6.42 Å². The average Bonchev–Trinajstić information content (AvgIpc) is 2.61. The van der Waals surface area contributed by atoms with Gasteiger partial charge in [0.2, 0.25) is 5.95 Å². The lowest BCUT2D eigenvalue weighted by atomic mass is 9.75. The molecule has 1 heterocycles. The minimum Gasteiger partial charge on any atom is -0.339 e. The van der Waals surface area contributed by atoms with Gasteiger partial charge in [-0.15, -0.1) is 0 Å². The third-order valence-electron chi connectivity index (χ3n) is 4.77. The molecule has 1 aromatic heterocycles. The van der Waals surface area contributed by atoms with Gasteiger partial charge in [-0.2, -0.15) is 4.98 Å². The topological polar surface area (TPSA) is 66.9 Å². The SMILES string of the molecule is CC1(C)CC(=O)c2c(nc(Nc3ccc(Cl)cc3)nc2Nc2cc(Cl)cc(Cl)c2)C1. The molecule has 1 aliphatic carbocycles. The number of nitrogens with zero attached hydrogens (tertiary/aromatic N) is 2. The van der Waals surface area contributed by atoms with E-state index in [2.05, 4.69) is 34.4 Å². The third kappa shape index (κ3) is 4.69. The van der Waals surface area contributed by atoms with E-state index in [4.69, 9.17) is 34.8 Å². The molecule has 1 aliphatic rings. The minimum absolute atomic E-state index is 0.00918. The van der Waals surface area contributed by atoms with Crippen LogP contribution >= 0.6 is 34.8 Å². The Kier molecular flexibility index (Phi) is 5.62. The molecular weight excluding hydrogens is 443 g/mol. The van der Waals surface area contributed by atoms with E-state index < -0.39 is 0 Å². The molecule has 8 heteroatoms. The van der Waals surface area contributed by atoms with Crippen LogP contribution in [0.4, 0.5) is 23.1 Å². The highest BCUT2D eigenvalue weighted by Crippen LogP contribution is 2.38. The Morgan fingerprint density at radius 3 is 2.17 bits per heavy atom. The molecule has 0 unspecified atom stereocenters. The van der Waals surface area contributed by atoms with Crippen molar-refractivity contribution in [3.63, 3.8) is 0 Å². The number of hydrogen-bond acceptors (Lipinski definition) is 5. The highest BCUT2D eigenvalue weighted by molar-refractivity contribution is 6.35. The number of fused-ring (bicyclic) bond motifs is 1. The first kappa shape index (κ1) is 20.9. The van der Waals surface area contributed by atoms with E-state index >= 15 is 0 Å². The summed E-state index contributed by atoms with van der Waals surface area (Å²) in [6, 6.07) is 12.3. The van der Waals surface area contributed by atoms with Crippen LogP contribution in [0.1, 0.15) is 36.3 Å². The number of Topliss-reactive ketones (excluding diaryl/α,β-unsaturated/α-hetero) is 1. The van der Waals surface area contributed by atoms with E-state index in [1.165, 1.54) is 0 Å². The average molecular weight is 462 g/mol. The fraction of sp³-hybridized carbons (Fsp3) is 0.227. The molecule has 0 saturated carbocycles. The molecule has 0 saturated heterocycles. The van der Waals surface area contributed by atoms with E-state index in [1.54, 1.807) is 30.3 Å². The monoisotopic (exact) mass is 460 g/mol. The second-order valence-electron chi connectivity index (χ2n) is 8.07. The van der Waals surface area contributed by atoms with Crippen LogP contribution in [0.3, 0.4) is 0 Å². The summed E-state index contributed by atoms with van der Waals surface area (Å²) in [5.74, 6) is 0.822. The zero-order chi connectivity index (χ0) is 21.5. The van der Waals surface area contributed by atoms with Crippen molar-refractivity contribution in [1.29, 1.82) is 0 Å². The number of hydrogen-bond donors (Lipinski definition) is 2. The van der Waals surface area contributed by atoms with Crippen molar-refractivity contribution in [1.82, 2.24) is 9.97 Å². The van der Waals surface area contributed by atoms with Crippen LogP contribution < -0.4 is 10.6 Å². The van der Waals surface area contributed by atoms with Crippen LogP contribution in [0.15, 0.2) is 42.5 Å². The van der Waals surface area contributed by atoms with Gasteiger partial charge in [0.1, 0.15) is 5.82 Å². The van der Waals surface area contributed by atoms with Crippen molar-refractivity contribution in [2.45, 2.75) is 26.7 Å². The van der Waals surface area contributed by atoms with E-state index in [9.17, 15) is 4.79 Å².